The molecule has 1 N–H and O–H groups in total. The lowest BCUT2D eigenvalue weighted by atomic mass is 10.2. The van der Waals surface area contributed by atoms with Crippen LogP contribution in [0.15, 0.2) is 35.5 Å². The number of H-pyrrole nitrogens is 1. The summed E-state index contributed by atoms with van der Waals surface area (Å²) >= 11 is 1.68. The predicted molar refractivity (Wildman–Crippen MR) is 82.7 cm³/mol. The topological polar surface area (TPSA) is 63.7 Å². The number of hydrogen-bond acceptors (Lipinski definition) is 5. The van der Waals surface area contributed by atoms with E-state index in [1.807, 2.05) is 24.5 Å². The van der Waals surface area contributed by atoms with Gasteiger partial charge in [0.1, 0.15) is 17.1 Å². The highest BCUT2D eigenvalue weighted by atomic mass is 35.5. The monoisotopic (exact) mass is 308 g/mol. The summed E-state index contributed by atoms with van der Waals surface area (Å²) in [5.74, 6) is 1.56. The SMILES string of the molecule is COc1cc(SC)ccc1-c1nc2cnncc2[nH]1.Cl. The van der Waals surface area contributed by atoms with Crippen LogP contribution in [0.25, 0.3) is 22.4 Å². The van der Waals surface area contributed by atoms with Crippen molar-refractivity contribution >= 4 is 35.2 Å². The summed E-state index contributed by atoms with van der Waals surface area (Å²) < 4.78 is 5.43. The van der Waals surface area contributed by atoms with E-state index in [4.69, 9.17) is 4.74 Å². The number of aromatic nitrogens is 4. The maximum atomic E-state index is 5.43. The second-order valence-corrected chi connectivity index (χ2v) is 4.82. The number of ether oxygens (including phenoxy) is 1. The van der Waals surface area contributed by atoms with Gasteiger partial charge < -0.3 is 9.72 Å². The Hall–Kier alpha value is -1.79. The van der Waals surface area contributed by atoms with Crippen molar-refractivity contribution in [3.8, 4) is 17.1 Å². The minimum Gasteiger partial charge on any atom is -0.496 e. The number of aromatic amines is 1. The molecule has 2 heterocycles. The van der Waals surface area contributed by atoms with E-state index in [1.54, 1.807) is 31.3 Å². The van der Waals surface area contributed by atoms with Gasteiger partial charge in [-0.15, -0.1) is 24.2 Å². The van der Waals surface area contributed by atoms with E-state index >= 15 is 0 Å². The first-order valence-electron chi connectivity index (χ1n) is 5.70. The molecule has 0 aliphatic carbocycles. The number of imidazole rings is 1. The number of nitrogens with one attached hydrogen (secondary N) is 1. The first kappa shape index (κ1) is 14.6. The predicted octanol–water partition coefficient (Wildman–Crippen LogP) is 3.17. The number of benzene rings is 1. The maximum absolute atomic E-state index is 5.43. The molecule has 0 saturated carbocycles. The lowest BCUT2D eigenvalue weighted by Gasteiger charge is -2.07. The van der Waals surface area contributed by atoms with E-state index in [2.05, 4.69) is 20.2 Å². The fourth-order valence-electron chi connectivity index (χ4n) is 1.90. The van der Waals surface area contributed by atoms with E-state index in [1.165, 1.54) is 0 Å². The average molecular weight is 309 g/mol. The Bertz CT molecular complexity index is 698. The Kier molecular flexibility index (Phi) is 4.46. The Morgan fingerprint density at radius 3 is 2.70 bits per heavy atom. The Morgan fingerprint density at radius 1 is 1.20 bits per heavy atom. The van der Waals surface area contributed by atoms with Crippen LogP contribution in [-0.2, 0) is 0 Å². The van der Waals surface area contributed by atoms with Gasteiger partial charge in [0.2, 0.25) is 0 Å². The molecule has 0 atom stereocenters. The molecule has 2 aromatic heterocycles. The van der Waals surface area contributed by atoms with Crippen molar-refractivity contribution in [1.29, 1.82) is 0 Å². The van der Waals surface area contributed by atoms with E-state index in [9.17, 15) is 0 Å². The van der Waals surface area contributed by atoms with Gasteiger partial charge in [0.05, 0.1) is 30.6 Å². The van der Waals surface area contributed by atoms with Crippen molar-refractivity contribution < 1.29 is 4.74 Å². The van der Waals surface area contributed by atoms with Gasteiger partial charge in [-0.3, -0.25) is 0 Å². The molecule has 0 unspecified atom stereocenters. The highest BCUT2D eigenvalue weighted by Crippen LogP contribution is 2.32. The molecule has 0 radical (unpaired) electrons. The number of methoxy groups -OCH3 is 1. The third-order valence-electron chi connectivity index (χ3n) is 2.86. The van der Waals surface area contributed by atoms with Crippen LogP contribution in [0.5, 0.6) is 5.75 Å². The van der Waals surface area contributed by atoms with Gasteiger partial charge in [0.25, 0.3) is 0 Å². The van der Waals surface area contributed by atoms with Crippen molar-refractivity contribution in [2.24, 2.45) is 0 Å². The Morgan fingerprint density at radius 2 is 2.00 bits per heavy atom. The van der Waals surface area contributed by atoms with Crippen LogP contribution in [-0.4, -0.2) is 33.5 Å². The second kappa shape index (κ2) is 6.11. The van der Waals surface area contributed by atoms with Gasteiger partial charge in [-0.05, 0) is 24.5 Å². The summed E-state index contributed by atoms with van der Waals surface area (Å²) in [5.41, 5.74) is 2.58. The maximum Gasteiger partial charge on any atom is 0.142 e. The quantitative estimate of drug-likeness (QED) is 0.753. The number of thioether (sulfide) groups is 1. The molecule has 3 aromatic rings. The molecule has 7 heteroatoms. The van der Waals surface area contributed by atoms with Crippen LogP contribution in [0.1, 0.15) is 0 Å². The van der Waals surface area contributed by atoms with Gasteiger partial charge in [0, 0.05) is 4.90 Å². The second-order valence-electron chi connectivity index (χ2n) is 3.94. The normalized spacial score (nSPS) is 10.3. The number of halogens is 1. The molecule has 104 valence electrons. The zero-order valence-corrected chi connectivity index (χ0v) is 12.6. The molecule has 1 aromatic carbocycles. The first-order valence-corrected chi connectivity index (χ1v) is 6.93. The first-order chi connectivity index (χ1) is 9.31. The molecule has 0 fully saturated rings. The van der Waals surface area contributed by atoms with Crippen LogP contribution in [0.4, 0.5) is 0 Å². The summed E-state index contributed by atoms with van der Waals surface area (Å²) in [6.45, 7) is 0. The molecule has 0 saturated heterocycles. The molecule has 20 heavy (non-hydrogen) atoms. The molecule has 5 nitrogen and oxygen atoms in total. The van der Waals surface area contributed by atoms with Crippen LogP contribution < -0.4 is 4.74 Å². The Labute approximate surface area is 126 Å². The fraction of sp³-hybridized carbons (Fsp3) is 0.154. The molecular weight excluding hydrogens is 296 g/mol. The molecular formula is C13H13ClN4OS. The Balaban J connectivity index is 0.00000147. The third kappa shape index (κ3) is 2.57. The molecule has 0 bridgehead atoms. The van der Waals surface area contributed by atoms with Crippen molar-refractivity contribution in [1.82, 2.24) is 20.2 Å². The van der Waals surface area contributed by atoms with Crippen molar-refractivity contribution in [3.05, 3.63) is 30.6 Å². The summed E-state index contributed by atoms with van der Waals surface area (Å²) in [6, 6.07) is 6.05. The highest BCUT2D eigenvalue weighted by molar-refractivity contribution is 7.98. The van der Waals surface area contributed by atoms with Crippen LogP contribution in [0.3, 0.4) is 0 Å². The highest BCUT2D eigenvalue weighted by Gasteiger charge is 2.11. The number of rotatable bonds is 3. The van der Waals surface area contributed by atoms with E-state index in [-0.39, 0.29) is 12.4 Å². The van der Waals surface area contributed by atoms with Crippen LogP contribution >= 0.6 is 24.2 Å². The zero-order valence-electron chi connectivity index (χ0n) is 11.0. The van der Waals surface area contributed by atoms with Crippen molar-refractivity contribution in [2.45, 2.75) is 4.90 Å². The van der Waals surface area contributed by atoms with Crippen LogP contribution in [0, 0.1) is 0 Å². The van der Waals surface area contributed by atoms with Gasteiger partial charge in [-0.1, -0.05) is 0 Å². The van der Waals surface area contributed by atoms with E-state index in [0.29, 0.717) is 0 Å². The summed E-state index contributed by atoms with van der Waals surface area (Å²) in [7, 11) is 1.66. The molecule has 3 rings (SSSR count). The lowest BCUT2D eigenvalue weighted by molar-refractivity contribution is 0.415. The lowest BCUT2D eigenvalue weighted by Crippen LogP contribution is -1.89. The molecule has 0 spiro atoms. The van der Waals surface area contributed by atoms with Gasteiger partial charge >= 0.3 is 0 Å². The number of fused-ring (bicyclic) bond motifs is 1. The molecule has 0 aliphatic heterocycles. The molecule has 0 aliphatic rings. The minimum atomic E-state index is 0. The fourth-order valence-corrected chi connectivity index (χ4v) is 2.33. The van der Waals surface area contributed by atoms with Crippen LogP contribution in [0.2, 0.25) is 0 Å². The van der Waals surface area contributed by atoms with Crippen molar-refractivity contribution in [3.63, 3.8) is 0 Å². The zero-order chi connectivity index (χ0) is 13.2. The van der Waals surface area contributed by atoms with E-state index in [0.717, 1.165) is 33.1 Å². The van der Waals surface area contributed by atoms with Crippen molar-refractivity contribution in [2.75, 3.05) is 13.4 Å². The molecule has 0 amide bonds. The minimum absolute atomic E-state index is 0. The van der Waals surface area contributed by atoms with Gasteiger partial charge in [-0.2, -0.15) is 10.2 Å². The van der Waals surface area contributed by atoms with Gasteiger partial charge in [0.15, 0.2) is 0 Å². The summed E-state index contributed by atoms with van der Waals surface area (Å²) in [4.78, 5) is 8.88. The smallest absolute Gasteiger partial charge is 0.142 e. The number of nitrogens with zero attached hydrogens (tertiary/aromatic N) is 3. The standard InChI is InChI=1S/C13H12N4OS.ClH/c1-18-12-5-8(19-2)3-4-9(12)13-16-10-6-14-15-7-11(10)17-13;/h3-7H,1-2H3,(H,16,17);1H. The van der Waals surface area contributed by atoms with Gasteiger partial charge in [-0.25, -0.2) is 4.98 Å². The average Bonchev–Trinajstić information content (AvgIpc) is 2.90. The summed E-state index contributed by atoms with van der Waals surface area (Å²) in [6.07, 6.45) is 5.33. The van der Waals surface area contributed by atoms with E-state index < -0.39 is 0 Å². The largest absolute Gasteiger partial charge is 0.496 e. The third-order valence-corrected chi connectivity index (χ3v) is 3.58. The summed E-state index contributed by atoms with van der Waals surface area (Å²) in [5, 5.41) is 7.66. The number of hydrogen-bond donors (Lipinski definition) is 1.